The van der Waals surface area contributed by atoms with Crippen LogP contribution in [-0.4, -0.2) is 27.9 Å². The van der Waals surface area contributed by atoms with Gasteiger partial charge >= 0.3 is 6.03 Å². The van der Waals surface area contributed by atoms with Crippen molar-refractivity contribution >= 4 is 6.03 Å². The summed E-state index contributed by atoms with van der Waals surface area (Å²) in [5, 5.41) is 9.77. The van der Waals surface area contributed by atoms with E-state index in [2.05, 4.69) is 20.7 Å². The third kappa shape index (κ3) is 5.07. The zero-order chi connectivity index (χ0) is 18.2. The number of hydrogen-bond acceptors (Lipinski definition) is 4. The highest BCUT2D eigenvalue weighted by molar-refractivity contribution is 5.73. The van der Waals surface area contributed by atoms with Crippen LogP contribution in [0.3, 0.4) is 0 Å². The molecule has 0 saturated carbocycles. The molecule has 0 bridgehead atoms. The second-order valence-electron chi connectivity index (χ2n) is 5.80. The van der Waals surface area contributed by atoms with E-state index in [4.69, 9.17) is 4.74 Å². The number of hydrogen-bond donors (Lipinski definition) is 2. The summed E-state index contributed by atoms with van der Waals surface area (Å²) in [5.41, 5.74) is 3.14. The number of nitrogens with one attached hydrogen (secondary N) is 2. The second-order valence-corrected chi connectivity index (χ2v) is 5.80. The summed E-state index contributed by atoms with van der Waals surface area (Å²) in [5.74, 6) is 0.774. The zero-order valence-corrected chi connectivity index (χ0v) is 14.6. The van der Waals surface area contributed by atoms with Gasteiger partial charge in [0, 0.05) is 13.1 Å². The molecule has 3 rings (SSSR count). The van der Waals surface area contributed by atoms with Gasteiger partial charge < -0.3 is 15.4 Å². The molecule has 134 valence electrons. The van der Waals surface area contributed by atoms with Gasteiger partial charge in [-0.05, 0) is 28.8 Å². The van der Waals surface area contributed by atoms with Gasteiger partial charge in [-0.25, -0.2) is 14.5 Å². The molecule has 0 aliphatic carbocycles. The van der Waals surface area contributed by atoms with Crippen molar-refractivity contribution in [1.29, 1.82) is 0 Å². The van der Waals surface area contributed by atoms with Crippen LogP contribution < -0.4 is 15.4 Å². The van der Waals surface area contributed by atoms with E-state index in [1.165, 1.54) is 6.33 Å². The predicted molar refractivity (Wildman–Crippen MR) is 97.6 cm³/mol. The first-order chi connectivity index (χ1) is 12.7. The number of carbonyl (C=O) groups excluding carboxylic acids is 1. The molecule has 0 saturated heterocycles. The van der Waals surface area contributed by atoms with Crippen LogP contribution in [0.25, 0.3) is 0 Å². The Morgan fingerprint density at radius 3 is 2.46 bits per heavy atom. The zero-order valence-electron chi connectivity index (χ0n) is 14.6. The van der Waals surface area contributed by atoms with Gasteiger partial charge in [0.25, 0.3) is 0 Å². The molecular formula is C19H21N5O2. The summed E-state index contributed by atoms with van der Waals surface area (Å²) < 4.78 is 6.94. The van der Waals surface area contributed by atoms with E-state index < -0.39 is 0 Å². The summed E-state index contributed by atoms with van der Waals surface area (Å²) in [6, 6.07) is 15.4. The van der Waals surface area contributed by atoms with Gasteiger partial charge in [0.1, 0.15) is 18.4 Å². The summed E-state index contributed by atoms with van der Waals surface area (Å²) in [4.78, 5) is 15.9. The third-order valence-electron chi connectivity index (χ3n) is 3.87. The monoisotopic (exact) mass is 351 g/mol. The van der Waals surface area contributed by atoms with Gasteiger partial charge in [0.05, 0.1) is 13.7 Å². The lowest BCUT2D eigenvalue weighted by Crippen LogP contribution is -2.34. The van der Waals surface area contributed by atoms with Crippen LogP contribution in [0.5, 0.6) is 5.75 Å². The summed E-state index contributed by atoms with van der Waals surface area (Å²) in [7, 11) is 1.62. The van der Waals surface area contributed by atoms with Gasteiger partial charge in [0.15, 0.2) is 0 Å². The Morgan fingerprint density at radius 2 is 1.77 bits per heavy atom. The standard InChI is InChI=1S/C19H21N5O2/c1-26-18-4-2-3-17(9-18)11-22-19(25)21-10-15-5-7-16(8-6-15)12-24-14-20-13-23-24/h2-9,13-14H,10-12H2,1H3,(H2,21,22,25). The summed E-state index contributed by atoms with van der Waals surface area (Å²) >= 11 is 0. The molecular weight excluding hydrogens is 330 g/mol. The van der Waals surface area contributed by atoms with E-state index in [-0.39, 0.29) is 6.03 Å². The highest BCUT2D eigenvalue weighted by Crippen LogP contribution is 2.12. The number of urea groups is 1. The van der Waals surface area contributed by atoms with Crippen molar-refractivity contribution in [2.45, 2.75) is 19.6 Å². The Labute approximate surface area is 152 Å². The summed E-state index contributed by atoms with van der Waals surface area (Å²) in [6.07, 6.45) is 3.20. The van der Waals surface area contributed by atoms with E-state index in [0.717, 1.165) is 22.4 Å². The number of nitrogens with zero attached hydrogens (tertiary/aromatic N) is 3. The molecule has 0 radical (unpaired) electrons. The lowest BCUT2D eigenvalue weighted by atomic mass is 10.1. The molecule has 0 aliphatic heterocycles. The topological polar surface area (TPSA) is 81.1 Å². The molecule has 7 nitrogen and oxygen atoms in total. The van der Waals surface area contributed by atoms with E-state index in [1.54, 1.807) is 18.1 Å². The van der Waals surface area contributed by atoms with E-state index >= 15 is 0 Å². The van der Waals surface area contributed by atoms with E-state index in [0.29, 0.717) is 19.6 Å². The van der Waals surface area contributed by atoms with Crippen LogP contribution in [0.2, 0.25) is 0 Å². The average molecular weight is 351 g/mol. The minimum absolute atomic E-state index is 0.209. The molecule has 1 aromatic heterocycles. The maximum atomic E-state index is 12.0. The molecule has 0 spiro atoms. The minimum atomic E-state index is -0.209. The SMILES string of the molecule is COc1cccc(CNC(=O)NCc2ccc(Cn3cncn3)cc2)c1. The fraction of sp³-hybridized carbons (Fsp3) is 0.211. The Kier molecular flexibility index (Phi) is 5.82. The highest BCUT2D eigenvalue weighted by Gasteiger charge is 2.02. The number of carbonyl (C=O) groups is 1. The van der Waals surface area contributed by atoms with Crippen molar-refractivity contribution in [3.63, 3.8) is 0 Å². The van der Waals surface area contributed by atoms with Crippen LogP contribution in [0.1, 0.15) is 16.7 Å². The lowest BCUT2D eigenvalue weighted by molar-refractivity contribution is 0.240. The fourth-order valence-electron chi connectivity index (χ4n) is 2.47. The maximum absolute atomic E-state index is 12.0. The number of rotatable bonds is 7. The van der Waals surface area contributed by atoms with Crippen molar-refractivity contribution in [1.82, 2.24) is 25.4 Å². The van der Waals surface area contributed by atoms with Gasteiger partial charge in [-0.1, -0.05) is 36.4 Å². The number of ether oxygens (including phenoxy) is 1. The Morgan fingerprint density at radius 1 is 1.04 bits per heavy atom. The van der Waals surface area contributed by atoms with Crippen LogP contribution in [-0.2, 0) is 19.6 Å². The molecule has 0 unspecified atom stereocenters. The molecule has 3 aromatic rings. The van der Waals surface area contributed by atoms with E-state index in [1.807, 2.05) is 48.5 Å². The first-order valence-electron chi connectivity index (χ1n) is 8.28. The molecule has 0 aliphatic rings. The van der Waals surface area contributed by atoms with E-state index in [9.17, 15) is 4.79 Å². The lowest BCUT2D eigenvalue weighted by Gasteiger charge is -2.09. The number of amides is 2. The van der Waals surface area contributed by atoms with Gasteiger partial charge in [-0.3, -0.25) is 0 Å². The third-order valence-corrected chi connectivity index (χ3v) is 3.87. The highest BCUT2D eigenvalue weighted by atomic mass is 16.5. The first-order valence-corrected chi connectivity index (χ1v) is 8.28. The smallest absolute Gasteiger partial charge is 0.315 e. The maximum Gasteiger partial charge on any atom is 0.315 e. The van der Waals surface area contributed by atoms with Crippen molar-refractivity contribution in [2.75, 3.05) is 7.11 Å². The number of methoxy groups -OCH3 is 1. The average Bonchev–Trinajstić information content (AvgIpc) is 3.19. The number of aromatic nitrogens is 3. The predicted octanol–water partition coefficient (Wildman–Crippen LogP) is 2.33. The van der Waals surface area contributed by atoms with Crippen LogP contribution in [0.4, 0.5) is 4.79 Å². The molecule has 1 heterocycles. The molecule has 2 amide bonds. The minimum Gasteiger partial charge on any atom is -0.497 e. The Bertz CT molecular complexity index is 831. The van der Waals surface area contributed by atoms with Gasteiger partial charge in [0.2, 0.25) is 0 Å². The Hall–Kier alpha value is -3.35. The molecule has 26 heavy (non-hydrogen) atoms. The molecule has 0 fully saturated rings. The van der Waals surface area contributed by atoms with Crippen LogP contribution in [0.15, 0.2) is 61.2 Å². The fourth-order valence-corrected chi connectivity index (χ4v) is 2.47. The van der Waals surface area contributed by atoms with Gasteiger partial charge in [-0.2, -0.15) is 5.10 Å². The van der Waals surface area contributed by atoms with Gasteiger partial charge in [-0.15, -0.1) is 0 Å². The Balaban J connectivity index is 1.43. The first kappa shape index (κ1) is 17.5. The summed E-state index contributed by atoms with van der Waals surface area (Å²) in [6.45, 7) is 1.59. The largest absolute Gasteiger partial charge is 0.497 e. The molecule has 2 aromatic carbocycles. The van der Waals surface area contributed by atoms with Crippen molar-refractivity contribution in [3.8, 4) is 5.75 Å². The van der Waals surface area contributed by atoms with Crippen molar-refractivity contribution in [2.24, 2.45) is 0 Å². The van der Waals surface area contributed by atoms with Crippen LogP contribution in [0, 0.1) is 0 Å². The molecule has 2 N–H and O–H groups in total. The second kappa shape index (κ2) is 8.66. The van der Waals surface area contributed by atoms with Crippen LogP contribution >= 0.6 is 0 Å². The quantitative estimate of drug-likeness (QED) is 0.685. The van der Waals surface area contributed by atoms with Crippen molar-refractivity contribution in [3.05, 3.63) is 77.9 Å². The number of benzene rings is 2. The molecule has 7 heteroatoms. The molecule has 0 atom stereocenters. The normalized spacial score (nSPS) is 10.3. The van der Waals surface area contributed by atoms with Crippen molar-refractivity contribution < 1.29 is 9.53 Å².